The van der Waals surface area contributed by atoms with Gasteiger partial charge in [-0.3, -0.25) is 4.79 Å². The predicted molar refractivity (Wildman–Crippen MR) is 43.5 cm³/mol. The number of carboxylic acid groups (broad SMARTS) is 1. The van der Waals surface area contributed by atoms with Crippen molar-refractivity contribution in [1.29, 1.82) is 0 Å². The topological polar surface area (TPSA) is 92.4 Å². The molecule has 5 heteroatoms. The summed E-state index contributed by atoms with van der Waals surface area (Å²) >= 11 is 0. The van der Waals surface area contributed by atoms with Crippen LogP contribution in [0, 0.1) is 0 Å². The average Bonchev–Trinajstić information content (AvgIpc) is 2.02. The van der Waals surface area contributed by atoms with Crippen LogP contribution in [0.1, 0.15) is 19.3 Å². The number of nitrogens with one attached hydrogen (secondary N) is 1. The Morgan fingerprint density at radius 1 is 1.58 bits per heavy atom. The molecule has 1 amide bonds. The lowest BCUT2D eigenvalue weighted by Crippen LogP contribution is -2.34. The van der Waals surface area contributed by atoms with Gasteiger partial charge in [0.2, 0.25) is 6.29 Å². The minimum Gasteiger partial charge on any atom is -0.465 e. The van der Waals surface area contributed by atoms with E-state index in [4.69, 9.17) is 10.8 Å². The van der Waals surface area contributed by atoms with E-state index in [-0.39, 0.29) is 0 Å². The Morgan fingerprint density at radius 3 is 2.67 bits per heavy atom. The van der Waals surface area contributed by atoms with Crippen LogP contribution in [0.2, 0.25) is 0 Å². The molecule has 0 aromatic rings. The number of hydrogen-bond acceptors (Lipinski definition) is 3. The van der Waals surface area contributed by atoms with Crippen LogP contribution in [-0.2, 0) is 4.79 Å². The first-order valence-electron chi connectivity index (χ1n) is 3.78. The Bertz CT molecular complexity index is 150. The van der Waals surface area contributed by atoms with Gasteiger partial charge in [-0.2, -0.15) is 0 Å². The third-order valence-electron chi connectivity index (χ3n) is 1.39. The number of nitrogens with two attached hydrogens (primary N) is 1. The summed E-state index contributed by atoms with van der Waals surface area (Å²) in [6, 6.07) is -0.714. The van der Waals surface area contributed by atoms with E-state index in [9.17, 15) is 9.59 Å². The lowest BCUT2D eigenvalue weighted by molar-refractivity contribution is 0.192. The fourth-order valence-electron chi connectivity index (χ4n) is 0.802. The zero-order valence-electron chi connectivity index (χ0n) is 6.75. The normalized spacial score (nSPS) is 12.1. The molecule has 0 fully saturated rings. The van der Waals surface area contributed by atoms with Crippen molar-refractivity contribution in [3.8, 4) is 0 Å². The highest BCUT2D eigenvalue weighted by atomic mass is 16.4. The Labute approximate surface area is 70.9 Å². The smallest absolute Gasteiger partial charge is 0.405 e. The van der Waals surface area contributed by atoms with Gasteiger partial charge in [0.1, 0.15) is 0 Å². The Morgan fingerprint density at radius 2 is 2.25 bits per heavy atom. The van der Waals surface area contributed by atoms with Gasteiger partial charge in [0.15, 0.2) is 0 Å². The van der Waals surface area contributed by atoms with Gasteiger partial charge in [-0.05, 0) is 25.8 Å². The number of carbonyl (C=O) groups is 1. The van der Waals surface area contributed by atoms with E-state index in [0.29, 0.717) is 13.0 Å². The van der Waals surface area contributed by atoms with Crippen molar-refractivity contribution >= 4 is 12.4 Å². The van der Waals surface area contributed by atoms with Gasteiger partial charge in [-0.15, -0.1) is 0 Å². The van der Waals surface area contributed by atoms with Gasteiger partial charge in [0, 0.05) is 0 Å². The van der Waals surface area contributed by atoms with Crippen LogP contribution in [-0.4, -0.2) is 30.1 Å². The van der Waals surface area contributed by atoms with E-state index in [1.165, 1.54) is 0 Å². The molecule has 0 bridgehead atoms. The molecule has 12 heavy (non-hydrogen) atoms. The molecular formula is C7H13N2O3. The standard InChI is InChI=1S/C7H13N2O3/c8-4-2-1-3-6(5-10)9-7(11)12/h6,9H,1-4,8H2,(H,11,12)/t6-/m0/s1. The first-order chi connectivity index (χ1) is 5.70. The number of hydrogen-bond donors (Lipinski definition) is 3. The second kappa shape index (κ2) is 6.60. The van der Waals surface area contributed by atoms with Gasteiger partial charge in [0.05, 0.1) is 6.04 Å². The molecule has 1 radical (unpaired) electrons. The lowest BCUT2D eigenvalue weighted by Gasteiger charge is -2.07. The average molecular weight is 173 g/mol. The molecule has 0 unspecified atom stereocenters. The van der Waals surface area contributed by atoms with Crippen molar-refractivity contribution in [2.45, 2.75) is 25.3 Å². The molecule has 0 saturated carbocycles. The second-order valence-corrected chi connectivity index (χ2v) is 2.40. The Kier molecular flexibility index (Phi) is 6.00. The fourth-order valence-corrected chi connectivity index (χ4v) is 0.802. The third-order valence-corrected chi connectivity index (χ3v) is 1.39. The molecule has 0 aliphatic carbocycles. The molecule has 0 aliphatic rings. The van der Waals surface area contributed by atoms with Crippen LogP contribution >= 0.6 is 0 Å². The van der Waals surface area contributed by atoms with Crippen molar-refractivity contribution in [3.05, 3.63) is 0 Å². The maximum atomic E-state index is 10.2. The molecule has 0 spiro atoms. The maximum Gasteiger partial charge on any atom is 0.405 e. The SMILES string of the molecule is NCCCC[C@@H]([C]=O)NC(=O)O. The molecule has 4 N–H and O–H groups in total. The van der Waals surface area contributed by atoms with E-state index in [1.54, 1.807) is 6.29 Å². The minimum atomic E-state index is -1.20. The number of unbranched alkanes of at least 4 members (excludes halogenated alkanes) is 1. The van der Waals surface area contributed by atoms with Crippen molar-refractivity contribution in [2.24, 2.45) is 5.73 Å². The highest BCUT2D eigenvalue weighted by Crippen LogP contribution is 1.97. The van der Waals surface area contributed by atoms with Gasteiger partial charge < -0.3 is 16.2 Å². The molecule has 0 aromatic heterocycles. The number of carbonyl (C=O) groups excluding carboxylic acids is 1. The van der Waals surface area contributed by atoms with Gasteiger partial charge in [0.25, 0.3) is 0 Å². The summed E-state index contributed by atoms with van der Waals surface area (Å²) < 4.78 is 0. The summed E-state index contributed by atoms with van der Waals surface area (Å²) in [6.45, 7) is 0.554. The zero-order chi connectivity index (χ0) is 9.40. The number of rotatable bonds is 6. The van der Waals surface area contributed by atoms with Crippen LogP contribution in [0.3, 0.4) is 0 Å². The lowest BCUT2D eigenvalue weighted by atomic mass is 10.1. The molecule has 69 valence electrons. The molecule has 0 rings (SSSR count). The van der Waals surface area contributed by atoms with Crippen molar-refractivity contribution in [2.75, 3.05) is 6.54 Å². The first kappa shape index (κ1) is 10.9. The quantitative estimate of drug-likeness (QED) is 0.487. The van der Waals surface area contributed by atoms with Crippen LogP contribution in [0.15, 0.2) is 0 Å². The summed E-state index contributed by atoms with van der Waals surface area (Å²) in [6.07, 6.45) is 2.40. The second-order valence-electron chi connectivity index (χ2n) is 2.40. The third kappa shape index (κ3) is 5.67. The fraction of sp³-hybridized carbons (Fsp3) is 0.714. The summed E-state index contributed by atoms with van der Waals surface area (Å²) in [5.41, 5.74) is 5.22. The molecule has 0 saturated heterocycles. The van der Waals surface area contributed by atoms with E-state index in [0.717, 1.165) is 12.8 Å². The highest BCUT2D eigenvalue weighted by Gasteiger charge is 2.09. The molecule has 1 atom stereocenters. The summed E-state index contributed by atoms with van der Waals surface area (Å²) in [5, 5.41) is 10.3. The largest absolute Gasteiger partial charge is 0.465 e. The molecule has 0 aliphatic heterocycles. The van der Waals surface area contributed by atoms with E-state index >= 15 is 0 Å². The van der Waals surface area contributed by atoms with Crippen molar-refractivity contribution in [1.82, 2.24) is 5.32 Å². The first-order valence-corrected chi connectivity index (χ1v) is 3.78. The molecule has 0 heterocycles. The molecular weight excluding hydrogens is 160 g/mol. The van der Waals surface area contributed by atoms with Crippen LogP contribution in [0.25, 0.3) is 0 Å². The van der Waals surface area contributed by atoms with Crippen LogP contribution < -0.4 is 11.1 Å². The minimum absolute atomic E-state index is 0.465. The number of amides is 1. The molecule has 0 aromatic carbocycles. The Hall–Kier alpha value is -1.10. The van der Waals surface area contributed by atoms with Gasteiger partial charge >= 0.3 is 6.09 Å². The van der Waals surface area contributed by atoms with Gasteiger partial charge in [-0.1, -0.05) is 0 Å². The zero-order valence-corrected chi connectivity index (χ0v) is 6.75. The van der Waals surface area contributed by atoms with Crippen LogP contribution in [0.4, 0.5) is 4.79 Å². The van der Waals surface area contributed by atoms with E-state index in [2.05, 4.69) is 0 Å². The van der Waals surface area contributed by atoms with E-state index < -0.39 is 12.1 Å². The predicted octanol–water partition coefficient (Wildman–Crippen LogP) is -0.139. The summed E-state index contributed by atoms with van der Waals surface area (Å²) in [4.78, 5) is 20.2. The maximum absolute atomic E-state index is 10.2. The summed E-state index contributed by atoms with van der Waals surface area (Å²) in [7, 11) is 0. The molecule has 5 nitrogen and oxygen atoms in total. The highest BCUT2D eigenvalue weighted by molar-refractivity contribution is 5.71. The van der Waals surface area contributed by atoms with Crippen LogP contribution in [0.5, 0.6) is 0 Å². The van der Waals surface area contributed by atoms with E-state index in [1.807, 2.05) is 5.32 Å². The van der Waals surface area contributed by atoms with Crippen molar-refractivity contribution in [3.63, 3.8) is 0 Å². The van der Waals surface area contributed by atoms with Crippen molar-refractivity contribution < 1.29 is 14.7 Å². The van der Waals surface area contributed by atoms with Gasteiger partial charge in [-0.25, -0.2) is 4.79 Å². The Balaban J connectivity index is 3.53. The summed E-state index contributed by atoms with van der Waals surface area (Å²) in [5.74, 6) is 0. The monoisotopic (exact) mass is 173 g/mol.